The van der Waals surface area contributed by atoms with Gasteiger partial charge in [-0.1, -0.05) is 18.2 Å². The monoisotopic (exact) mass is 420 g/mol. The summed E-state index contributed by atoms with van der Waals surface area (Å²) in [6.45, 7) is 2.82. The average molecular weight is 421 g/mol. The number of carbonyl (C=O) groups excluding carboxylic acids is 1. The molecule has 1 heterocycles. The first-order chi connectivity index (χ1) is 13.5. The van der Waals surface area contributed by atoms with E-state index in [1.165, 1.54) is 19.3 Å². The highest BCUT2D eigenvalue weighted by molar-refractivity contribution is 5.85. The number of carbonyl (C=O) groups is 1. The molecule has 1 saturated heterocycles. The van der Waals surface area contributed by atoms with E-state index in [1.54, 1.807) is 12.1 Å². The number of halogens is 2. The lowest BCUT2D eigenvalue weighted by atomic mass is 9.49. The van der Waals surface area contributed by atoms with Crippen LogP contribution in [0.3, 0.4) is 0 Å². The number of nitrogens with zero attached hydrogens (tertiary/aromatic N) is 2. The van der Waals surface area contributed by atoms with E-state index in [4.69, 9.17) is 0 Å². The summed E-state index contributed by atoms with van der Waals surface area (Å²) in [4.78, 5) is 18.1. The maximum absolute atomic E-state index is 13.9. The zero-order valence-corrected chi connectivity index (χ0v) is 18.3. The van der Waals surface area contributed by atoms with E-state index in [-0.39, 0.29) is 23.6 Å². The molecule has 0 spiro atoms. The van der Waals surface area contributed by atoms with Crippen LogP contribution in [0.25, 0.3) is 0 Å². The Morgan fingerprint density at radius 3 is 2.38 bits per heavy atom. The molecule has 4 aliphatic carbocycles. The first-order valence-electron chi connectivity index (χ1n) is 11.3. The smallest absolute Gasteiger partial charge is 0.228 e. The van der Waals surface area contributed by atoms with Crippen molar-refractivity contribution in [2.24, 2.45) is 23.2 Å². The Hall–Kier alpha value is -1.13. The highest BCUT2D eigenvalue weighted by atomic mass is 35.5. The van der Waals surface area contributed by atoms with Gasteiger partial charge < -0.3 is 9.80 Å². The second-order valence-corrected chi connectivity index (χ2v) is 10.2. The van der Waals surface area contributed by atoms with Gasteiger partial charge in [0.05, 0.1) is 5.41 Å². The van der Waals surface area contributed by atoms with Gasteiger partial charge >= 0.3 is 0 Å². The summed E-state index contributed by atoms with van der Waals surface area (Å²) in [5.41, 5.74) is 0.758. The first-order valence-corrected chi connectivity index (χ1v) is 11.3. The number of likely N-dealkylation sites (N-methyl/N-ethyl adjacent to an activating group) is 1. The largest absolute Gasteiger partial charge is 0.341 e. The summed E-state index contributed by atoms with van der Waals surface area (Å²) in [5, 5.41) is 0. The molecule has 160 valence electrons. The molecule has 0 N–H and O–H groups in total. The molecular weight excluding hydrogens is 387 g/mol. The van der Waals surface area contributed by atoms with Gasteiger partial charge in [-0.25, -0.2) is 4.39 Å². The van der Waals surface area contributed by atoms with Gasteiger partial charge in [-0.05, 0) is 80.8 Å². The molecular formula is C24H34ClFN2O. The molecule has 3 nitrogen and oxygen atoms in total. The second kappa shape index (κ2) is 8.19. The van der Waals surface area contributed by atoms with Crippen molar-refractivity contribution in [1.29, 1.82) is 0 Å². The van der Waals surface area contributed by atoms with E-state index < -0.39 is 0 Å². The Morgan fingerprint density at radius 1 is 1.14 bits per heavy atom. The molecule has 4 bridgehead atoms. The van der Waals surface area contributed by atoms with Crippen molar-refractivity contribution in [3.63, 3.8) is 0 Å². The van der Waals surface area contributed by atoms with Crippen molar-refractivity contribution < 1.29 is 9.18 Å². The van der Waals surface area contributed by atoms with Crippen LogP contribution in [-0.2, 0) is 11.2 Å². The number of benzene rings is 1. The molecule has 1 aromatic rings. The Bertz CT molecular complexity index is 719. The van der Waals surface area contributed by atoms with Gasteiger partial charge in [0.1, 0.15) is 5.82 Å². The van der Waals surface area contributed by atoms with Crippen LogP contribution in [0.15, 0.2) is 24.3 Å². The zero-order chi connectivity index (χ0) is 19.3. The minimum atomic E-state index is -0.104. The van der Waals surface area contributed by atoms with Crippen LogP contribution in [0.1, 0.15) is 50.5 Å². The summed E-state index contributed by atoms with van der Waals surface area (Å²) in [7, 11) is 2.05. The Labute approximate surface area is 180 Å². The molecule has 6 rings (SSSR count). The van der Waals surface area contributed by atoms with Crippen LogP contribution < -0.4 is 0 Å². The van der Waals surface area contributed by atoms with E-state index in [0.717, 1.165) is 75.1 Å². The van der Waals surface area contributed by atoms with Crippen LogP contribution >= 0.6 is 12.4 Å². The van der Waals surface area contributed by atoms with Gasteiger partial charge in [0.15, 0.2) is 0 Å². The fourth-order valence-corrected chi connectivity index (χ4v) is 7.22. The van der Waals surface area contributed by atoms with Crippen LogP contribution in [0, 0.1) is 29.0 Å². The molecule has 4 saturated carbocycles. The zero-order valence-electron chi connectivity index (χ0n) is 17.5. The number of amides is 1. The normalized spacial score (nSPS) is 35.5. The predicted molar refractivity (Wildman–Crippen MR) is 116 cm³/mol. The summed E-state index contributed by atoms with van der Waals surface area (Å²) >= 11 is 0. The molecule has 5 aliphatic rings. The summed E-state index contributed by atoms with van der Waals surface area (Å²) in [6, 6.07) is 7.39. The van der Waals surface area contributed by atoms with Crippen molar-refractivity contribution >= 4 is 18.3 Å². The number of likely N-dealkylation sites (tertiary alicyclic amines) is 1. The van der Waals surface area contributed by atoms with Crippen molar-refractivity contribution in [1.82, 2.24) is 9.80 Å². The summed E-state index contributed by atoms with van der Waals surface area (Å²) in [5.74, 6) is 2.76. The van der Waals surface area contributed by atoms with E-state index in [9.17, 15) is 9.18 Å². The fourth-order valence-electron chi connectivity index (χ4n) is 7.22. The van der Waals surface area contributed by atoms with E-state index in [0.29, 0.717) is 11.9 Å². The summed E-state index contributed by atoms with van der Waals surface area (Å²) < 4.78 is 13.9. The van der Waals surface area contributed by atoms with Gasteiger partial charge in [0, 0.05) is 32.7 Å². The number of hydrogen-bond acceptors (Lipinski definition) is 2. The minimum absolute atomic E-state index is 0. The third kappa shape index (κ3) is 3.95. The predicted octanol–water partition coefficient (Wildman–Crippen LogP) is 4.54. The van der Waals surface area contributed by atoms with Gasteiger partial charge in [0.2, 0.25) is 5.91 Å². The highest BCUT2D eigenvalue weighted by Gasteiger charge is 2.55. The molecule has 0 aromatic heterocycles. The average Bonchev–Trinajstić information content (AvgIpc) is 3.14. The molecule has 1 aromatic carbocycles. The Kier molecular flexibility index (Phi) is 5.96. The SMILES string of the molecule is CN(C(=O)C12CC3CC(CC(C3)C1)C2)[C@H]1CCN(CCc2ccccc2F)C1.Cl. The topological polar surface area (TPSA) is 23.6 Å². The van der Waals surface area contributed by atoms with Crippen LogP contribution in [0.4, 0.5) is 4.39 Å². The lowest BCUT2D eigenvalue weighted by molar-refractivity contribution is -0.158. The van der Waals surface area contributed by atoms with Crippen molar-refractivity contribution in [3.8, 4) is 0 Å². The Morgan fingerprint density at radius 2 is 1.76 bits per heavy atom. The quantitative estimate of drug-likeness (QED) is 0.698. The highest BCUT2D eigenvalue weighted by Crippen LogP contribution is 2.60. The molecule has 29 heavy (non-hydrogen) atoms. The van der Waals surface area contributed by atoms with Gasteiger partial charge in [-0.3, -0.25) is 4.79 Å². The van der Waals surface area contributed by atoms with Crippen molar-refractivity contribution in [2.75, 3.05) is 26.7 Å². The van der Waals surface area contributed by atoms with Gasteiger partial charge in [0.25, 0.3) is 0 Å². The number of hydrogen-bond donors (Lipinski definition) is 0. The standard InChI is InChI=1S/C24H33FN2O.ClH/c1-26(23(28)24-13-17-10-18(14-24)12-19(11-17)15-24)21-7-9-27(16-21)8-6-20-4-2-3-5-22(20)25;/h2-5,17-19,21H,6-16H2,1H3;1H/t17?,18?,19?,21-,24?;/m0./s1. The molecule has 1 amide bonds. The molecule has 0 unspecified atom stereocenters. The third-order valence-electron chi connectivity index (χ3n) is 8.26. The maximum atomic E-state index is 13.9. The molecule has 1 atom stereocenters. The molecule has 5 fully saturated rings. The van der Waals surface area contributed by atoms with Crippen molar-refractivity contribution in [2.45, 2.75) is 57.4 Å². The van der Waals surface area contributed by atoms with E-state index in [2.05, 4.69) is 9.80 Å². The van der Waals surface area contributed by atoms with E-state index in [1.807, 2.05) is 19.2 Å². The van der Waals surface area contributed by atoms with Crippen LogP contribution in [0.5, 0.6) is 0 Å². The minimum Gasteiger partial charge on any atom is -0.341 e. The van der Waals surface area contributed by atoms with E-state index >= 15 is 0 Å². The lowest BCUT2D eigenvalue weighted by Crippen LogP contribution is -2.55. The summed E-state index contributed by atoms with van der Waals surface area (Å²) in [6.07, 6.45) is 9.36. The lowest BCUT2D eigenvalue weighted by Gasteiger charge is -2.56. The van der Waals surface area contributed by atoms with Crippen LogP contribution in [0.2, 0.25) is 0 Å². The third-order valence-corrected chi connectivity index (χ3v) is 8.26. The number of rotatable bonds is 5. The van der Waals surface area contributed by atoms with Gasteiger partial charge in [-0.15, -0.1) is 12.4 Å². The molecule has 1 aliphatic heterocycles. The second-order valence-electron chi connectivity index (χ2n) is 10.2. The fraction of sp³-hybridized carbons (Fsp3) is 0.708. The Balaban J connectivity index is 0.00000205. The van der Waals surface area contributed by atoms with Crippen molar-refractivity contribution in [3.05, 3.63) is 35.6 Å². The first kappa shape index (κ1) is 21.1. The molecule has 0 radical (unpaired) electrons. The van der Waals surface area contributed by atoms with Gasteiger partial charge in [-0.2, -0.15) is 0 Å². The van der Waals surface area contributed by atoms with Crippen LogP contribution in [-0.4, -0.2) is 48.4 Å². The maximum Gasteiger partial charge on any atom is 0.228 e. The molecule has 5 heteroatoms.